The number of hydrogen-bond donors (Lipinski definition) is 1. The standard InChI is InChI=1S/C12H23NO2/c1-9-6-10(8-12(2,3)7-9)15-5-4-11(13)14/h9-10H,4-8H2,1-3H3,(H2,13,14). The van der Waals surface area contributed by atoms with E-state index in [1.54, 1.807) is 0 Å². The van der Waals surface area contributed by atoms with Gasteiger partial charge >= 0.3 is 0 Å². The van der Waals surface area contributed by atoms with Crippen molar-refractivity contribution in [3.05, 3.63) is 0 Å². The van der Waals surface area contributed by atoms with E-state index in [9.17, 15) is 4.79 Å². The summed E-state index contributed by atoms with van der Waals surface area (Å²) in [6.07, 6.45) is 4.12. The Bertz CT molecular complexity index is 226. The molecule has 0 saturated heterocycles. The Labute approximate surface area is 92.4 Å². The van der Waals surface area contributed by atoms with Crippen LogP contribution in [0.5, 0.6) is 0 Å². The zero-order valence-electron chi connectivity index (χ0n) is 10.1. The molecule has 3 heteroatoms. The van der Waals surface area contributed by atoms with Gasteiger partial charge in [0.2, 0.25) is 5.91 Å². The van der Waals surface area contributed by atoms with Crippen LogP contribution in [-0.2, 0) is 9.53 Å². The lowest BCUT2D eigenvalue weighted by Crippen LogP contribution is -2.33. The van der Waals surface area contributed by atoms with Crippen molar-refractivity contribution in [2.75, 3.05) is 6.61 Å². The third-order valence-electron chi connectivity index (χ3n) is 3.05. The van der Waals surface area contributed by atoms with Crippen LogP contribution in [-0.4, -0.2) is 18.6 Å². The molecule has 2 unspecified atom stereocenters. The molecule has 3 nitrogen and oxygen atoms in total. The van der Waals surface area contributed by atoms with Crippen LogP contribution in [0.2, 0.25) is 0 Å². The second kappa shape index (κ2) is 4.97. The summed E-state index contributed by atoms with van der Waals surface area (Å²) in [4.78, 5) is 10.6. The third-order valence-corrected chi connectivity index (χ3v) is 3.05. The summed E-state index contributed by atoms with van der Waals surface area (Å²) in [6.45, 7) is 7.31. The minimum absolute atomic E-state index is 0.280. The second-order valence-electron chi connectivity index (χ2n) is 5.62. The number of carbonyl (C=O) groups is 1. The Hall–Kier alpha value is -0.570. The van der Waals surface area contributed by atoms with Crippen molar-refractivity contribution in [2.45, 2.75) is 52.6 Å². The summed E-state index contributed by atoms with van der Waals surface area (Å²) in [6, 6.07) is 0. The number of carbonyl (C=O) groups excluding carboxylic acids is 1. The lowest BCUT2D eigenvalue weighted by atomic mass is 9.71. The molecule has 15 heavy (non-hydrogen) atoms. The third kappa shape index (κ3) is 4.65. The highest BCUT2D eigenvalue weighted by Crippen LogP contribution is 2.39. The van der Waals surface area contributed by atoms with Crippen LogP contribution in [0.25, 0.3) is 0 Å². The fourth-order valence-electron chi connectivity index (χ4n) is 2.71. The molecule has 0 spiro atoms. The average Bonchev–Trinajstić information content (AvgIpc) is 1.98. The maximum Gasteiger partial charge on any atom is 0.219 e. The fourth-order valence-corrected chi connectivity index (χ4v) is 2.71. The molecule has 0 radical (unpaired) electrons. The summed E-state index contributed by atoms with van der Waals surface area (Å²) < 4.78 is 5.70. The minimum Gasteiger partial charge on any atom is -0.378 e. The fraction of sp³-hybridized carbons (Fsp3) is 0.917. The molecule has 2 atom stereocenters. The molecule has 88 valence electrons. The van der Waals surface area contributed by atoms with Gasteiger partial charge in [0.25, 0.3) is 0 Å². The van der Waals surface area contributed by atoms with Gasteiger partial charge in [-0.1, -0.05) is 20.8 Å². The smallest absolute Gasteiger partial charge is 0.219 e. The monoisotopic (exact) mass is 213 g/mol. The predicted molar refractivity (Wildman–Crippen MR) is 60.3 cm³/mol. The predicted octanol–water partition coefficient (Wildman–Crippen LogP) is 2.09. The Kier molecular flexibility index (Phi) is 4.14. The van der Waals surface area contributed by atoms with Gasteiger partial charge in [-0.25, -0.2) is 0 Å². The Morgan fingerprint density at radius 3 is 2.67 bits per heavy atom. The highest BCUT2D eigenvalue weighted by Gasteiger charge is 2.32. The van der Waals surface area contributed by atoms with Crippen LogP contribution in [0.1, 0.15) is 46.5 Å². The number of primary amides is 1. The molecular formula is C12H23NO2. The average molecular weight is 213 g/mol. The largest absolute Gasteiger partial charge is 0.378 e. The lowest BCUT2D eigenvalue weighted by Gasteiger charge is -2.38. The van der Waals surface area contributed by atoms with E-state index in [-0.39, 0.29) is 5.91 Å². The zero-order chi connectivity index (χ0) is 11.5. The van der Waals surface area contributed by atoms with E-state index in [0.717, 1.165) is 12.8 Å². The van der Waals surface area contributed by atoms with E-state index < -0.39 is 0 Å². The van der Waals surface area contributed by atoms with E-state index >= 15 is 0 Å². The van der Waals surface area contributed by atoms with Crippen LogP contribution in [0.3, 0.4) is 0 Å². The lowest BCUT2D eigenvalue weighted by molar-refractivity contribution is -0.120. The van der Waals surface area contributed by atoms with Crippen LogP contribution in [0, 0.1) is 11.3 Å². The topological polar surface area (TPSA) is 52.3 Å². The Balaban J connectivity index is 2.32. The molecule has 1 saturated carbocycles. The zero-order valence-corrected chi connectivity index (χ0v) is 10.1. The van der Waals surface area contributed by atoms with Crippen molar-refractivity contribution < 1.29 is 9.53 Å². The first kappa shape index (κ1) is 12.5. The second-order valence-corrected chi connectivity index (χ2v) is 5.62. The van der Waals surface area contributed by atoms with E-state index in [0.29, 0.717) is 30.5 Å². The summed E-state index contributed by atoms with van der Waals surface area (Å²) in [5, 5.41) is 0. The first-order chi connectivity index (χ1) is 6.89. The number of hydrogen-bond acceptors (Lipinski definition) is 2. The molecule has 1 fully saturated rings. The van der Waals surface area contributed by atoms with Crippen molar-refractivity contribution in [3.63, 3.8) is 0 Å². The van der Waals surface area contributed by atoms with Gasteiger partial charge in [0, 0.05) is 6.42 Å². The molecule has 0 aromatic rings. The van der Waals surface area contributed by atoms with E-state index in [2.05, 4.69) is 20.8 Å². The van der Waals surface area contributed by atoms with E-state index in [4.69, 9.17) is 10.5 Å². The van der Waals surface area contributed by atoms with Gasteiger partial charge in [-0.3, -0.25) is 4.79 Å². The molecule has 1 aliphatic carbocycles. The van der Waals surface area contributed by atoms with Gasteiger partial charge in [0.05, 0.1) is 12.7 Å². The van der Waals surface area contributed by atoms with Gasteiger partial charge in [0.1, 0.15) is 0 Å². The molecule has 0 heterocycles. The van der Waals surface area contributed by atoms with Crippen molar-refractivity contribution >= 4 is 5.91 Å². The number of amides is 1. The van der Waals surface area contributed by atoms with Gasteiger partial charge in [-0.15, -0.1) is 0 Å². The highest BCUT2D eigenvalue weighted by molar-refractivity contribution is 5.73. The van der Waals surface area contributed by atoms with Crippen LogP contribution >= 0.6 is 0 Å². The van der Waals surface area contributed by atoms with Gasteiger partial charge < -0.3 is 10.5 Å². The summed E-state index contributed by atoms with van der Waals surface area (Å²) >= 11 is 0. The van der Waals surface area contributed by atoms with Crippen molar-refractivity contribution in [1.82, 2.24) is 0 Å². The molecule has 1 amide bonds. The number of nitrogens with two attached hydrogens (primary N) is 1. The van der Waals surface area contributed by atoms with Crippen molar-refractivity contribution in [2.24, 2.45) is 17.1 Å². The minimum atomic E-state index is -0.280. The first-order valence-corrected chi connectivity index (χ1v) is 5.79. The molecule has 1 aliphatic rings. The molecule has 0 bridgehead atoms. The number of rotatable bonds is 4. The Morgan fingerprint density at radius 2 is 2.13 bits per heavy atom. The molecule has 0 aliphatic heterocycles. The maximum atomic E-state index is 10.6. The van der Waals surface area contributed by atoms with E-state index in [1.807, 2.05) is 0 Å². The van der Waals surface area contributed by atoms with Crippen LogP contribution < -0.4 is 5.73 Å². The Morgan fingerprint density at radius 1 is 1.47 bits per heavy atom. The highest BCUT2D eigenvalue weighted by atomic mass is 16.5. The number of ether oxygens (including phenoxy) is 1. The molecule has 0 aromatic carbocycles. The normalized spacial score (nSPS) is 30.1. The van der Waals surface area contributed by atoms with E-state index in [1.165, 1.54) is 6.42 Å². The SMILES string of the molecule is CC1CC(OCCC(N)=O)CC(C)(C)C1. The van der Waals surface area contributed by atoms with Crippen molar-refractivity contribution in [1.29, 1.82) is 0 Å². The molecule has 0 aromatic heterocycles. The van der Waals surface area contributed by atoms with Crippen molar-refractivity contribution in [3.8, 4) is 0 Å². The summed E-state index contributed by atoms with van der Waals surface area (Å²) in [5.41, 5.74) is 5.44. The maximum absolute atomic E-state index is 10.6. The summed E-state index contributed by atoms with van der Waals surface area (Å²) in [7, 11) is 0. The van der Waals surface area contributed by atoms with Crippen LogP contribution in [0.4, 0.5) is 0 Å². The first-order valence-electron chi connectivity index (χ1n) is 5.79. The molecule has 2 N–H and O–H groups in total. The quantitative estimate of drug-likeness (QED) is 0.777. The van der Waals surface area contributed by atoms with Gasteiger partial charge in [0.15, 0.2) is 0 Å². The van der Waals surface area contributed by atoms with Gasteiger partial charge in [-0.05, 0) is 30.6 Å². The molecular weight excluding hydrogens is 190 g/mol. The summed E-state index contributed by atoms with van der Waals surface area (Å²) in [5.74, 6) is 0.436. The molecule has 1 rings (SSSR count). The van der Waals surface area contributed by atoms with Gasteiger partial charge in [-0.2, -0.15) is 0 Å². The van der Waals surface area contributed by atoms with Crippen LogP contribution in [0.15, 0.2) is 0 Å².